The fourth-order valence-electron chi connectivity index (χ4n) is 2.90. The molecule has 8 nitrogen and oxygen atoms in total. The maximum atomic E-state index is 12.5. The van der Waals surface area contributed by atoms with Crippen molar-refractivity contribution in [1.82, 2.24) is 0 Å². The van der Waals surface area contributed by atoms with Crippen LogP contribution in [0, 0.1) is 0 Å². The van der Waals surface area contributed by atoms with Gasteiger partial charge in [0.05, 0.1) is 11.4 Å². The quantitative estimate of drug-likeness (QED) is 0.822. The number of nitrogens with one attached hydrogen (secondary N) is 1. The van der Waals surface area contributed by atoms with Gasteiger partial charge in [0.2, 0.25) is 12.0 Å². The highest BCUT2D eigenvalue weighted by atomic mass is 16.6. The van der Waals surface area contributed by atoms with Gasteiger partial charge in [0.15, 0.2) is 18.1 Å². The minimum absolute atomic E-state index is 0.00100. The van der Waals surface area contributed by atoms with Gasteiger partial charge in [-0.1, -0.05) is 24.3 Å². The summed E-state index contributed by atoms with van der Waals surface area (Å²) in [5, 5.41) is 2.69. The van der Waals surface area contributed by atoms with Crippen LogP contribution < -0.4 is 19.7 Å². The summed E-state index contributed by atoms with van der Waals surface area (Å²) >= 11 is 0. The van der Waals surface area contributed by atoms with E-state index < -0.39 is 24.6 Å². The topological polar surface area (TPSA) is 94.2 Å². The van der Waals surface area contributed by atoms with E-state index in [4.69, 9.17) is 14.2 Å². The van der Waals surface area contributed by atoms with Crippen molar-refractivity contribution in [3.05, 3.63) is 48.5 Å². The van der Waals surface area contributed by atoms with Crippen LogP contribution in [0.4, 0.5) is 11.4 Å². The van der Waals surface area contributed by atoms with E-state index in [9.17, 15) is 14.4 Å². The standard InChI is InChI=1S/C19H16N2O6/c22-17-9-21(13-6-2-1-5-12(13)20-17)18(23)11-26-19(24)16-10-25-14-7-3-4-8-15(14)27-16/h1-8,16H,9-11H2,(H,20,22). The van der Waals surface area contributed by atoms with Gasteiger partial charge in [-0.3, -0.25) is 14.5 Å². The molecule has 0 radical (unpaired) electrons. The third-order valence-corrected chi connectivity index (χ3v) is 4.18. The van der Waals surface area contributed by atoms with Gasteiger partial charge in [0.25, 0.3) is 5.91 Å². The Morgan fingerprint density at radius 2 is 1.85 bits per heavy atom. The van der Waals surface area contributed by atoms with E-state index in [-0.39, 0.29) is 19.1 Å². The summed E-state index contributed by atoms with van der Waals surface area (Å²) in [5.74, 6) is -0.517. The number of para-hydroxylation sites is 4. The molecule has 1 N–H and O–H groups in total. The van der Waals surface area contributed by atoms with Crippen molar-refractivity contribution in [3.63, 3.8) is 0 Å². The van der Waals surface area contributed by atoms with Crippen LogP contribution in [0.2, 0.25) is 0 Å². The predicted molar refractivity (Wildman–Crippen MR) is 94.7 cm³/mol. The number of benzene rings is 2. The number of amides is 2. The molecule has 2 aliphatic rings. The number of anilines is 2. The normalized spacial score (nSPS) is 17.6. The van der Waals surface area contributed by atoms with E-state index in [1.165, 1.54) is 4.90 Å². The van der Waals surface area contributed by atoms with E-state index in [1.807, 2.05) is 0 Å². The fourth-order valence-corrected chi connectivity index (χ4v) is 2.90. The molecule has 0 bridgehead atoms. The summed E-state index contributed by atoms with van der Waals surface area (Å²) in [4.78, 5) is 37.8. The molecule has 0 aliphatic carbocycles. The Kier molecular flexibility index (Phi) is 4.37. The van der Waals surface area contributed by atoms with Gasteiger partial charge in [0, 0.05) is 0 Å². The largest absolute Gasteiger partial charge is 0.485 e. The van der Waals surface area contributed by atoms with E-state index in [0.29, 0.717) is 22.9 Å². The van der Waals surface area contributed by atoms with Gasteiger partial charge >= 0.3 is 5.97 Å². The molecular formula is C19H16N2O6. The number of esters is 1. The van der Waals surface area contributed by atoms with E-state index >= 15 is 0 Å². The van der Waals surface area contributed by atoms with Crippen LogP contribution in [0.15, 0.2) is 48.5 Å². The minimum atomic E-state index is -0.954. The zero-order valence-electron chi connectivity index (χ0n) is 14.2. The molecule has 138 valence electrons. The number of ether oxygens (including phenoxy) is 3. The summed E-state index contributed by atoms with van der Waals surface area (Å²) in [6.45, 7) is -0.634. The Labute approximate surface area is 154 Å². The van der Waals surface area contributed by atoms with Gasteiger partial charge in [-0.25, -0.2) is 4.79 Å². The number of hydrogen-bond acceptors (Lipinski definition) is 6. The number of fused-ring (bicyclic) bond motifs is 2. The minimum Gasteiger partial charge on any atom is -0.485 e. The highest BCUT2D eigenvalue weighted by molar-refractivity contribution is 6.10. The predicted octanol–water partition coefficient (Wildman–Crippen LogP) is 1.35. The van der Waals surface area contributed by atoms with Crippen LogP contribution in [0.25, 0.3) is 0 Å². The maximum Gasteiger partial charge on any atom is 0.351 e. The number of hydrogen-bond donors (Lipinski definition) is 1. The molecule has 0 aromatic heterocycles. The molecular weight excluding hydrogens is 352 g/mol. The lowest BCUT2D eigenvalue weighted by atomic mass is 10.2. The zero-order chi connectivity index (χ0) is 18.8. The van der Waals surface area contributed by atoms with Gasteiger partial charge in [-0.2, -0.15) is 0 Å². The summed E-state index contributed by atoms with van der Waals surface area (Å²) < 4.78 is 16.1. The zero-order valence-corrected chi connectivity index (χ0v) is 14.2. The lowest BCUT2D eigenvalue weighted by molar-refractivity contribution is -0.157. The first-order chi connectivity index (χ1) is 13.1. The van der Waals surface area contributed by atoms with Crippen molar-refractivity contribution in [2.24, 2.45) is 0 Å². The molecule has 0 fully saturated rings. The molecule has 2 aromatic carbocycles. The third-order valence-electron chi connectivity index (χ3n) is 4.18. The molecule has 2 amide bonds. The highest BCUT2D eigenvalue weighted by Crippen LogP contribution is 2.31. The fraction of sp³-hybridized carbons (Fsp3) is 0.211. The molecule has 2 heterocycles. The lowest BCUT2D eigenvalue weighted by Gasteiger charge is -2.29. The molecule has 4 rings (SSSR count). The van der Waals surface area contributed by atoms with Gasteiger partial charge < -0.3 is 19.5 Å². The Hall–Kier alpha value is -3.55. The average Bonchev–Trinajstić information content (AvgIpc) is 2.70. The molecule has 8 heteroatoms. The Morgan fingerprint density at radius 3 is 2.70 bits per heavy atom. The van der Waals surface area contributed by atoms with Crippen molar-refractivity contribution >= 4 is 29.2 Å². The van der Waals surface area contributed by atoms with Crippen molar-refractivity contribution in [2.45, 2.75) is 6.10 Å². The SMILES string of the molecule is O=C1CN(C(=O)COC(=O)C2COc3ccccc3O2)c2ccccc2N1. The van der Waals surface area contributed by atoms with Crippen molar-refractivity contribution < 1.29 is 28.6 Å². The smallest absolute Gasteiger partial charge is 0.351 e. The molecule has 27 heavy (non-hydrogen) atoms. The van der Waals surface area contributed by atoms with E-state index in [1.54, 1.807) is 48.5 Å². The Bertz CT molecular complexity index is 913. The number of rotatable bonds is 3. The van der Waals surface area contributed by atoms with Crippen LogP contribution in [0.3, 0.4) is 0 Å². The number of carbonyl (C=O) groups is 3. The van der Waals surface area contributed by atoms with Crippen molar-refractivity contribution in [1.29, 1.82) is 0 Å². The molecule has 0 saturated heterocycles. The van der Waals surface area contributed by atoms with Crippen LogP contribution in [-0.2, 0) is 19.1 Å². The molecule has 0 saturated carbocycles. The average molecular weight is 368 g/mol. The van der Waals surface area contributed by atoms with Gasteiger partial charge in [-0.15, -0.1) is 0 Å². The first kappa shape index (κ1) is 16.9. The van der Waals surface area contributed by atoms with Crippen LogP contribution in [0.1, 0.15) is 0 Å². The maximum absolute atomic E-state index is 12.5. The highest BCUT2D eigenvalue weighted by Gasteiger charge is 2.31. The van der Waals surface area contributed by atoms with Crippen LogP contribution in [-0.4, -0.2) is 43.6 Å². The first-order valence-corrected chi connectivity index (χ1v) is 8.36. The second-order valence-corrected chi connectivity index (χ2v) is 6.02. The third kappa shape index (κ3) is 3.41. The monoisotopic (exact) mass is 368 g/mol. The summed E-state index contributed by atoms with van der Waals surface area (Å²) in [6.07, 6.45) is -0.954. The molecule has 0 spiro atoms. The summed E-state index contributed by atoms with van der Waals surface area (Å²) in [7, 11) is 0. The van der Waals surface area contributed by atoms with Gasteiger partial charge in [-0.05, 0) is 24.3 Å². The summed E-state index contributed by atoms with van der Waals surface area (Å²) in [6, 6.07) is 13.9. The Balaban J connectivity index is 1.39. The molecule has 1 atom stereocenters. The van der Waals surface area contributed by atoms with E-state index in [2.05, 4.69) is 5.32 Å². The molecule has 1 unspecified atom stereocenters. The van der Waals surface area contributed by atoms with Crippen molar-refractivity contribution in [2.75, 3.05) is 30.0 Å². The molecule has 2 aromatic rings. The second-order valence-electron chi connectivity index (χ2n) is 6.02. The lowest BCUT2D eigenvalue weighted by Crippen LogP contribution is -2.45. The first-order valence-electron chi connectivity index (χ1n) is 8.36. The number of carbonyl (C=O) groups excluding carboxylic acids is 3. The Morgan fingerprint density at radius 1 is 1.11 bits per heavy atom. The van der Waals surface area contributed by atoms with Crippen molar-refractivity contribution in [3.8, 4) is 11.5 Å². The summed E-state index contributed by atoms with van der Waals surface area (Å²) in [5.41, 5.74) is 1.10. The number of nitrogens with zero attached hydrogens (tertiary/aromatic N) is 1. The van der Waals surface area contributed by atoms with Gasteiger partial charge in [0.1, 0.15) is 13.2 Å². The van der Waals surface area contributed by atoms with Crippen LogP contribution >= 0.6 is 0 Å². The molecule has 2 aliphatic heterocycles. The van der Waals surface area contributed by atoms with E-state index in [0.717, 1.165) is 0 Å². The van der Waals surface area contributed by atoms with Crippen LogP contribution in [0.5, 0.6) is 11.5 Å². The second kappa shape index (κ2) is 6.99.